The quantitative estimate of drug-likeness (QED) is 0.844. The van der Waals surface area contributed by atoms with Crippen molar-refractivity contribution in [2.45, 2.75) is 31.7 Å². The molecule has 0 saturated heterocycles. The maximum absolute atomic E-state index is 12.2. The van der Waals surface area contributed by atoms with Crippen LogP contribution in [0.3, 0.4) is 0 Å². The van der Waals surface area contributed by atoms with Gasteiger partial charge in [-0.25, -0.2) is 0 Å². The van der Waals surface area contributed by atoms with Crippen molar-refractivity contribution in [3.8, 4) is 0 Å². The lowest BCUT2D eigenvalue weighted by Crippen LogP contribution is -2.51. The molecule has 0 aliphatic heterocycles. The van der Waals surface area contributed by atoms with Gasteiger partial charge in [0.15, 0.2) is 6.54 Å². The summed E-state index contributed by atoms with van der Waals surface area (Å²) in [6.07, 6.45) is 5.10. The van der Waals surface area contributed by atoms with Gasteiger partial charge in [0, 0.05) is 4.47 Å². The molecule has 19 heavy (non-hydrogen) atoms. The van der Waals surface area contributed by atoms with Gasteiger partial charge in [0.05, 0.1) is 25.8 Å². The Bertz CT molecular complexity index is 453. The van der Waals surface area contributed by atoms with Crippen LogP contribution in [0.15, 0.2) is 28.7 Å². The average Bonchev–Trinajstić information content (AvgIpc) is 2.85. The number of nitrogens with zero attached hydrogens (tertiary/aromatic N) is 1. The predicted octanol–water partition coefficient (Wildman–Crippen LogP) is 3.41. The van der Waals surface area contributed by atoms with E-state index in [1.807, 2.05) is 24.3 Å². The van der Waals surface area contributed by atoms with Gasteiger partial charge in [-0.15, -0.1) is 0 Å². The second-order valence-corrected chi connectivity index (χ2v) is 6.76. The summed E-state index contributed by atoms with van der Waals surface area (Å²) in [5.74, 6) is 0.0869. The summed E-state index contributed by atoms with van der Waals surface area (Å²) in [6, 6.07) is 8.35. The minimum Gasteiger partial charge on any atom is -0.320 e. The van der Waals surface area contributed by atoms with Crippen molar-refractivity contribution < 1.29 is 9.28 Å². The van der Waals surface area contributed by atoms with E-state index in [0.717, 1.165) is 14.6 Å². The SMILES string of the molecule is C[N+](C)(CC(=O)Nc1ccccc1Br)C1CCCC1. The molecule has 0 aromatic heterocycles. The Hall–Kier alpha value is -0.870. The average molecular weight is 326 g/mol. The van der Waals surface area contributed by atoms with Crippen LogP contribution in [0.2, 0.25) is 0 Å². The molecule has 0 heterocycles. The molecule has 0 bridgehead atoms. The largest absolute Gasteiger partial charge is 0.320 e. The van der Waals surface area contributed by atoms with Crippen LogP contribution in [-0.2, 0) is 4.79 Å². The summed E-state index contributed by atoms with van der Waals surface area (Å²) in [7, 11) is 4.32. The third-order valence-electron chi connectivity index (χ3n) is 4.01. The normalized spacial score (nSPS) is 16.6. The Morgan fingerprint density at radius 2 is 1.95 bits per heavy atom. The molecule has 1 N–H and O–H groups in total. The number of carbonyl (C=O) groups excluding carboxylic acids is 1. The zero-order valence-corrected chi connectivity index (χ0v) is 13.2. The number of benzene rings is 1. The molecule has 2 rings (SSSR count). The van der Waals surface area contributed by atoms with Crippen LogP contribution in [-0.4, -0.2) is 37.1 Å². The molecule has 4 heteroatoms. The van der Waals surface area contributed by atoms with Crippen molar-refractivity contribution >= 4 is 27.5 Å². The van der Waals surface area contributed by atoms with Crippen LogP contribution in [0, 0.1) is 0 Å². The first-order valence-corrected chi connectivity index (χ1v) is 7.65. The monoisotopic (exact) mass is 325 g/mol. The number of hydrogen-bond acceptors (Lipinski definition) is 1. The van der Waals surface area contributed by atoms with Crippen molar-refractivity contribution in [1.29, 1.82) is 0 Å². The highest BCUT2D eigenvalue weighted by Crippen LogP contribution is 2.27. The molecular formula is C15H22BrN2O+. The van der Waals surface area contributed by atoms with Gasteiger partial charge in [0.1, 0.15) is 0 Å². The lowest BCUT2D eigenvalue weighted by atomic mass is 10.2. The number of anilines is 1. The topological polar surface area (TPSA) is 29.1 Å². The fourth-order valence-corrected chi connectivity index (χ4v) is 3.24. The van der Waals surface area contributed by atoms with Crippen molar-refractivity contribution in [3.05, 3.63) is 28.7 Å². The highest BCUT2D eigenvalue weighted by molar-refractivity contribution is 9.10. The second-order valence-electron chi connectivity index (χ2n) is 5.90. The number of amides is 1. The molecule has 1 aromatic carbocycles. The molecule has 1 saturated carbocycles. The number of carbonyl (C=O) groups is 1. The molecule has 104 valence electrons. The van der Waals surface area contributed by atoms with Crippen LogP contribution < -0.4 is 5.32 Å². The summed E-state index contributed by atoms with van der Waals surface area (Å²) >= 11 is 3.45. The van der Waals surface area contributed by atoms with E-state index in [1.54, 1.807) is 0 Å². The Labute approximate surface area is 123 Å². The Morgan fingerprint density at radius 3 is 2.58 bits per heavy atom. The van der Waals surface area contributed by atoms with Crippen LogP contribution >= 0.6 is 15.9 Å². The minimum absolute atomic E-state index is 0.0869. The number of hydrogen-bond donors (Lipinski definition) is 1. The van der Waals surface area contributed by atoms with Crippen LogP contribution in [0.25, 0.3) is 0 Å². The highest BCUT2D eigenvalue weighted by Gasteiger charge is 2.33. The number of rotatable bonds is 4. The number of para-hydroxylation sites is 1. The molecule has 1 aliphatic rings. The lowest BCUT2D eigenvalue weighted by molar-refractivity contribution is -0.906. The van der Waals surface area contributed by atoms with E-state index in [-0.39, 0.29) is 5.91 Å². The molecule has 3 nitrogen and oxygen atoms in total. The molecule has 1 aromatic rings. The minimum atomic E-state index is 0.0869. The van der Waals surface area contributed by atoms with E-state index in [0.29, 0.717) is 12.6 Å². The number of likely N-dealkylation sites (N-methyl/N-ethyl adjacent to an activating group) is 1. The first-order chi connectivity index (χ1) is 8.99. The van der Waals surface area contributed by atoms with Gasteiger partial charge in [0.2, 0.25) is 0 Å². The molecule has 0 radical (unpaired) electrons. The summed E-state index contributed by atoms with van der Waals surface area (Å²) in [5, 5.41) is 2.99. The number of quaternary nitrogens is 1. The van der Waals surface area contributed by atoms with Gasteiger partial charge in [-0.3, -0.25) is 4.79 Å². The van der Waals surface area contributed by atoms with Gasteiger partial charge in [-0.05, 0) is 53.7 Å². The summed E-state index contributed by atoms with van der Waals surface area (Å²) in [6.45, 7) is 0.534. The van der Waals surface area contributed by atoms with Crippen LogP contribution in [0.5, 0.6) is 0 Å². The Kier molecular flexibility index (Phi) is 4.63. The molecule has 0 spiro atoms. The first kappa shape index (κ1) is 14.5. The molecule has 1 amide bonds. The fraction of sp³-hybridized carbons (Fsp3) is 0.533. The summed E-state index contributed by atoms with van der Waals surface area (Å²) in [4.78, 5) is 12.2. The number of nitrogens with one attached hydrogen (secondary N) is 1. The predicted molar refractivity (Wildman–Crippen MR) is 82.0 cm³/mol. The molecule has 1 aliphatic carbocycles. The molecule has 1 fully saturated rings. The van der Waals surface area contributed by atoms with Gasteiger partial charge >= 0.3 is 0 Å². The Morgan fingerprint density at radius 1 is 1.32 bits per heavy atom. The first-order valence-electron chi connectivity index (χ1n) is 6.86. The van der Waals surface area contributed by atoms with Gasteiger partial charge in [0.25, 0.3) is 5.91 Å². The Balaban J connectivity index is 1.95. The van der Waals surface area contributed by atoms with Crippen LogP contribution in [0.4, 0.5) is 5.69 Å². The zero-order valence-electron chi connectivity index (χ0n) is 11.7. The van der Waals surface area contributed by atoms with Gasteiger partial charge < -0.3 is 9.80 Å². The second kappa shape index (κ2) is 6.06. The third-order valence-corrected chi connectivity index (χ3v) is 4.70. The van der Waals surface area contributed by atoms with Crippen molar-refractivity contribution in [2.24, 2.45) is 0 Å². The maximum atomic E-state index is 12.2. The van der Waals surface area contributed by atoms with Crippen molar-refractivity contribution in [2.75, 3.05) is 26.0 Å². The summed E-state index contributed by atoms with van der Waals surface area (Å²) in [5.41, 5.74) is 0.846. The van der Waals surface area contributed by atoms with E-state index in [1.165, 1.54) is 25.7 Å². The molecular weight excluding hydrogens is 304 g/mol. The highest BCUT2D eigenvalue weighted by atomic mass is 79.9. The van der Waals surface area contributed by atoms with Crippen molar-refractivity contribution in [3.63, 3.8) is 0 Å². The maximum Gasteiger partial charge on any atom is 0.279 e. The molecule has 0 atom stereocenters. The van der Waals surface area contributed by atoms with Crippen molar-refractivity contribution in [1.82, 2.24) is 0 Å². The summed E-state index contributed by atoms with van der Waals surface area (Å²) < 4.78 is 1.71. The van der Waals surface area contributed by atoms with E-state index in [9.17, 15) is 4.79 Å². The smallest absolute Gasteiger partial charge is 0.279 e. The van der Waals surface area contributed by atoms with E-state index in [4.69, 9.17) is 0 Å². The molecule has 0 unspecified atom stereocenters. The zero-order chi connectivity index (χ0) is 13.9. The van der Waals surface area contributed by atoms with E-state index in [2.05, 4.69) is 35.3 Å². The third kappa shape index (κ3) is 3.80. The van der Waals surface area contributed by atoms with Crippen LogP contribution in [0.1, 0.15) is 25.7 Å². The van der Waals surface area contributed by atoms with Gasteiger partial charge in [-0.1, -0.05) is 12.1 Å². The standard InChI is InChI=1S/C15H21BrN2O/c1-18(2,12-7-3-4-8-12)11-15(19)17-14-10-6-5-9-13(14)16/h5-6,9-10,12H,3-4,7-8,11H2,1-2H3/p+1. The fourth-order valence-electron chi connectivity index (χ4n) is 2.85. The van der Waals surface area contributed by atoms with E-state index < -0.39 is 0 Å². The lowest BCUT2D eigenvalue weighted by Gasteiger charge is -2.35. The number of halogens is 1. The van der Waals surface area contributed by atoms with Gasteiger partial charge in [-0.2, -0.15) is 0 Å². The van der Waals surface area contributed by atoms with E-state index >= 15 is 0 Å².